The third-order valence-corrected chi connectivity index (χ3v) is 5.49. The summed E-state index contributed by atoms with van der Waals surface area (Å²) in [5.41, 5.74) is 4.03. The van der Waals surface area contributed by atoms with Gasteiger partial charge in [-0.05, 0) is 49.2 Å². The molecule has 29 heavy (non-hydrogen) atoms. The quantitative estimate of drug-likeness (QED) is 0.722. The Kier molecular flexibility index (Phi) is 5.71. The maximum Gasteiger partial charge on any atom is 0.251 e. The first-order valence-corrected chi connectivity index (χ1v) is 10.1. The van der Waals surface area contributed by atoms with Crippen LogP contribution in [-0.2, 0) is 6.54 Å². The average molecular weight is 390 g/mol. The highest BCUT2D eigenvalue weighted by Gasteiger charge is 2.26. The Morgan fingerprint density at radius 2 is 2.00 bits per heavy atom. The van der Waals surface area contributed by atoms with E-state index in [0.29, 0.717) is 5.82 Å². The molecule has 0 aliphatic carbocycles. The monoisotopic (exact) mass is 389 g/mol. The summed E-state index contributed by atoms with van der Waals surface area (Å²) in [6.07, 6.45) is 6.78. The maximum atomic E-state index is 12.4. The third-order valence-electron chi connectivity index (χ3n) is 5.49. The van der Waals surface area contributed by atoms with Crippen LogP contribution >= 0.6 is 0 Å². The van der Waals surface area contributed by atoms with Gasteiger partial charge in [-0.25, -0.2) is 4.98 Å². The molecule has 3 aromatic rings. The zero-order valence-corrected chi connectivity index (χ0v) is 17.0. The number of H-pyrrole nitrogens is 1. The van der Waals surface area contributed by atoms with E-state index in [1.807, 2.05) is 26.2 Å². The smallest absolute Gasteiger partial charge is 0.251 e. The molecular weight excluding hydrogens is 362 g/mol. The van der Waals surface area contributed by atoms with Gasteiger partial charge in [0.1, 0.15) is 5.82 Å². The SMILES string of the molecule is CN(C)c1ccc(CN2CCCC[C@@H]2c2cc(=O)[nH]c(-c3cccnc3)n2)cc1. The number of anilines is 1. The van der Waals surface area contributed by atoms with Crippen molar-refractivity contribution in [2.45, 2.75) is 31.8 Å². The zero-order chi connectivity index (χ0) is 20.2. The molecule has 2 aromatic heterocycles. The zero-order valence-electron chi connectivity index (χ0n) is 17.0. The van der Waals surface area contributed by atoms with Gasteiger partial charge in [-0.3, -0.25) is 14.7 Å². The Bertz CT molecular complexity index is 998. The summed E-state index contributed by atoms with van der Waals surface area (Å²) < 4.78 is 0. The molecule has 0 spiro atoms. The van der Waals surface area contributed by atoms with E-state index < -0.39 is 0 Å². The molecule has 1 atom stereocenters. The maximum absolute atomic E-state index is 12.4. The van der Waals surface area contributed by atoms with Crippen LogP contribution in [0.4, 0.5) is 5.69 Å². The highest BCUT2D eigenvalue weighted by atomic mass is 16.1. The number of aromatic amines is 1. The summed E-state index contributed by atoms with van der Waals surface area (Å²) in [6.45, 7) is 1.87. The van der Waals surface area contributed by atoms with Crippen LogP contribution in [0.15, 0.2) is 59.7 Å². The first-order valence-electron chi connectivity index (χ1n) is 10.1. The molecule has 6 nitrogen and oxygen atoms in total. The molecule has 150 valence electrons. The van der Waals surface area contributed by atoms with E-state index >= 15 is 0 Å². The van der Waals surface area contributed by atoms with Gasteiger partial charge in [-0.1, -0.05) is 18.6 Å². The topological polar surface area (TPSA) is 65.1 Å². The van der Waals surface area contributed by atoms with Crippen LogP contribution in [0.25, 0.3) is 11.4 Å². The van der Waals surface area contributed by atoms with Gasteiger partial charge < -0.3 is 9.88 Å². The Labute approximate surface area is 171 Å². The van der Waals surface area contributed by atoms with Gasteiger partial charge in [0.25, 0.3) is 5.56 Å². The summed E-state index contributed by atoms with van der Waals surface area (Å²) in [5, 5.41) is 0. The largest absolute Gasteiger partial charge is 0.378 e. The number of nitrogens with one attached hydrogen (secondary N) is 1. The highest BCUT2D eigenvalue weighted by molar-refractivity contribution is 5.52. The molecule has 1 aromatic carbocycles. The summed E-state index contributed by atoms with van der Waals surface area (Å²) in [7, 11) is 4.10. The van der Waals surface area contributed by atoms with Crippen molar-refractivity contribution in [1.29, 1.82) is 0 Å². The lowest BCUT2D eigenvalue weighted by Crippen LogP contribution is -2.34. The Hall–Kier alpha value is -2.99. The lowest BCUT2D eigenvalue weighted by atomic mass is 9.98. The minimum absolute atomic E-state index is 0.116. The van der Waals surface area contributed by atoms with E-state index in [1.54, 1.807) is 18.5 Å². The third kappa shape index (κ3) is 4.54. The van der Waals surface area contributed by atoms with Gasteiger partial charge >= 0.3 is 0 Å². The summed E-state index contributed by atoms with van der Waals surface area (Å²) in [5.74, 6) is 0.585. The van der Waals surface area contributed by atoms with Gasteiger partial charge in [-0.15, -0.1) is 0 Å². The van der Waals surface area contributed by atoms with Crippen LogP contribution in [0.2, 0.25) is 0 Å². The van der Waals surface area contributed by atoms with Crippen molar-refractivity contribution < 1.29 is 0 Å². The molecule has 1 aliphatic heterocycles. The van der Waals surface area contributed by atoms with Crippen molar-refractivity contribution >= 4 is 5.69 Å². The number of benzene rings is 1. The number of piperidine rings is 1. The van der Waals surface area contributed by atoms with Crippen LogP contribution < -0.4 is 10.5 Å². The van der Waals surface area contributed by atoms with Gasteiger partial charge in [0.05, 0.1) is 11.7 Å². The normalized spacial score (nSPS) is 17.2. The van der Waals surface area contributed by atoms with E-state index in [0.717, 1.165) is 37.2 Å². The first kappa shape index (κ1) is 19.3. The molecule has 0 bridgehead atoms. The molecule has 0 amide bonds. The molecule has 1 aliphatic rings. The van der Waals surface area contributed by atoms with Crippen LogP contribution in [-0.4, -0.2) is 40.5 Å². The number of hydrogen-bond donors (Lipinski definition) is 1. The van der Waals surface area contributed by atoms with Crippen LogP contribution in [0, 0.1) is 0 Å². The van der Waals surface area contributed by atoms with Crippen molar-refractivity contribution in [2.75, 3.05) is 25.5 Å². The molecule has 1 N–H and O–H groups in total. The Morgan fingerprint density at radius 3 is 2.72 bits per heavy atom. The number of hydrogen-bond acceptors (Lipinski definition) is 5. The molecule has 0 unspecified atom stereocenters. The minimum Gasteiger partial charge on any atom is -0.378 e. The van der Waals surface area contributed by atoms with E-state index in [9.17, 15) is 4.79 Å². The second kappa shape index (κ2) is 8.57. The van der Waals surface area contributed by atoms with Gasteiger partial charge in [0.15, 0.2) is 0 Å². The summed E-state index contributed by atoms with van der Waals surface area (Å²) in [6, 6.07) is 14.3. The van der Waals surface area contributed by atoms with Crippen molar-refractivity contribution in [1.82, 2.24) is 19.9 Å². The molecular formula is C23H27N5O. The summed E-state index contributed by atoms with van der Waals surface area (Å²) >= 11 is 0. The van der Waals surface area contributed by atoms with E-state index in [1.165, 1.54) is 17.7 Å². The molecule has 6 heteroatoms. The van der Waals surface area contributed by atoms with Crippen LogP contribution in [0.3, 0.4) is 0 Å². The van der Waals surface area contributed by atoms with Gasteiger partial charge in [0.2, 0.25) is 0 Å². The predicted molar refractivity (Wildman–Crippen MR) is 116 cm³/mol. The lowest BCUT2D eigenvalue weighted by molar-refractivity contribution is 0.137. The van der Waals surface area contributed by atoms with Crippen molar-refractivity contribution in [3.63, 3.8) is 0 Å². The second-order valence-corrected chi connectivity index (χ2v) is 7.80. The van der Waals surface area contributed by atoms with Crippen LogP contribution in [0.1, 0.15) is 36.6 Å². The van der Waals surface area contributed by atoms with E-state index in [2.05, 4.69) is 44.0 Å². The van der Waals surface area contributed by atoms with Crippen molar-refractivity contribution in [3.8, 4) is 11.4 Å². The first-order chi connectivity index (χ1) is 14.1. The van der Waals surface area contributed by atoms with Crippen molar-refractivity contribution in [2.24, 2.45) is 0 Å². The van der Waals surface area contributed by atoms with Gasteiger partial charge in [0, 0.05) is 50.4 Å². The molecule has 3 heterocycles. The molecule has 4 rings (SSSR count). The number of pyridine rings is 1. The molecule has 1 saturated heterocycles. The number of likely N-dealkylation sites (tertiary alicyclic amines) is 1. The fraction of sp³-hybridized carbons (Fsp3) is 0.348. The fourth-order valence-electron chi connectivity index (χ4n) is 3.94. The lowest BCUT2D eigenvalue weighted by Gasteiger charge is -2.35. The number of nitrogens with zero attached hydrogens (tertiary/aromatic N) is 4. The fourth-order valence-corrected chi connectivity index (χ4v) is 3.94. The second-order valence-electron chi connectivity index (χ2n) is 7.80. The predicted octanol–water partition coefficient (Wildman–Crippen LogP) is 3.63. The van der Waals surface area contributed by atoms with Crippen molar-refractivity contribution in [3.05, 3.63) is 76.5 Å². The number of aromatic nitrogens is 3. The molecule has 1 fully saturated rings. The van der Waals surface area contributed by atoms with Gasteiger partial charge in [-0.2, -0.15) is 0 Å². The Balaban J connectivity index is 1.60. The highest BCUT2D eigenvalue weighted by Crippen LogP contribution is 2.31. The minimum atomic E-state index is -0.116. The molecule has 0 radical (unpaired) electrons. The van der Waals surface area contributed by atoms with Crippen LogP contribution in [0.5, 0.6) is 0 Å². The average Bonchev–Trinajstić information content (AvgIpc) is 2.75. The molecule has 0 saturated carbocycles. The number of rotatable bonds is 5. The van der Waals surface area contributed by atoms with E-state index in [4.69, 9.17) is 4.98 Å². The van der Waals surface area contributed by atoms with E-state index in [-0.39, 0.29) is 11.6 Å². The standard InChI is InChI=1S/C23H27N5O/c1-27(2)19-10-8-17(9-11-19)16-28-13-4-3-7-21(28)20-14-22(29)26-23(25-20)18-6-5-12-24-15-18/h5-6,8-12,14-15,21H,3-4,7,13,16H2,1-2H3,(H,25,26,29)/t21-/m1/s1. The summed E-state index contributed by atoms with van der Waals surface area (Å²) in [4.78, 5) is 28.7. The Morgan fingerprint density at radius 1 is 1.17 bits per heavy atom.